The van der Waals surface area contributed by atoms with Gasteiger partial charge in [0.25, 0.3) is 14.6 Å². The molecule has 1 aromatic carbocycles. The largest absolute Gasteiger partial charge is 0.493 e. The molecular weight excluding hydrogens is 440 g/mol. The predicted octanol–water partition coefficient (Wildman–Crippen LogP) is 4.16. The molecule has 0 spiro atoms. The van der Waals surface area contributed by atoms with Crippen molar-refractivity contribution in [1.82, 2.24) is 19.6 Å². The standard InChI is InChI=1S/C21H25ClN4O4S/c1-3-30-17-11-10-15(31(22,28)29)12-16(17)19-24-21(27)18-13(2)23-20(26(18)25-19)14-8-6-4-5-7-9-14/h10-12,14H,3-9H2,1-2H3,(H,24,25,27). The van der Waals surface area contributed by atoms with E-state index in [0.717, 1.165) is 31.5 Å². The number of H-pyrrole nitrogens is 1. The number of hydrogen-bond acceptors (Lipinski definition) is 6. The monoisotopic (exact) mass is 464 g/mol. The molecule has 0 radical (unpaired) electrons. The lowest BCUT2D eigenvalue weighted by atomic mass is 10.00. The van der Waals surface area contributed by atoms with Crippen molar-refractivity contribution in [2.24, 2.45) is 0 Å². The van der Waals surface area contributed by atoms with Crippen LogP contribution in [-0.4, -0.2) is 34.6 Å². The molecule has 1 saturated carbocycles. The Morgan fingerprint density at radius 3 is 2.58 bits per heavy atom. The molecule has 0 amide bonds. The molecule has 1 N–H and O–H groups in total. The molecule has 0 aliphatic heterocycles. The van der Waals surface area contributed by atoms with Crippen LogP contribution in [-0.2, 0) is 9.05 Å². The number of aromatic amines is 1. The predicted molar refractivity (Wildman–Crippen MR) is 118 cm³/mol. The summed E-state index contributed by atoms with van der Waals surface area (Å²) >= 11 is 0. The molecule has 10 heteroatoms. The van der Waals surface area contributed by atoms with E-state index >= 15 is 0 Å². The van der Waals surface area contributed by atoms with E-state index in [2.05, 4.69) is 10.1 Å². The summed E-state index contributed by atoms with van der Waals surface area (Å²) in [5.74, 6) is 1.62. The summed E-state index contributed by atoms with van der Waals surface area (Å²) < 4.78 is 31.0. The lowest BCUT2D eigenvalue weighted by Gasteiger charge is -2.14. The molecule has 2 heterocycles. The number of nitrogens with one attached hydrogen (secondary N) is 1. The Kier molecular flexibility index (Phi) is 6.07. The molecule has 8 nitrogen and oxygen atoms in total. The Morgan fingerprint density at radius 2 is 1.94 bits per heavy atom. The summed E-state index contributed by atoms with van der Waals surface area (Å²) in [5.41, 5.74) is 1.04. The van der Waals surface area contributed by atoms with Crippen LogP contribution in [0.15, 0.2) is 27.9 Å². The fraction of sp³-hybridized carbons (Fsp3) is 0.476. The third-order valence-corrected chi connectivity index (χ3v) is 7.06. The van der Waals surface area contributed by atoms with Gasteiger partial charge in [0.2, 0.25) is 0 Å². The number of imidazole rings is 1. The molecule has 0 unspecified atom stereocenters. The van der Waals surface area contributed by atoms with Crippen LogP contribution in [0.25, 0.3) is 16.9 Å². The maximum Gasteiger partial charge on any atom is 0.277 e. The minimum Gasteiger partial charge on any atom is -0.493 e. The molecule has 31 heavy (non-hydrogen) atoms. The zero-order chi connectivity index (χ0) is 22.2. The lowest BCUT2D eigenvalue weighted by molar-refractivity contribution is 0.341. The smallest absolute Gasteiger partial charge is 0.277 e. The van der Waals surface area contributed by atoms with Crippen molar-refractivity contribution >= 4 is 25.2 Å². The molecule has 0 bridgehead atoms. The summed E-state index contributed by atoms with van der Waals surface area (Å²) in [5, 5.41) is 4.68. The van der Waals surface area contributed by atoms with Gasteiger partial charge in [-0.2, -0.15) is 0 Å². The lowest BCUT2D eigenvalue weighted by Crippen LogP contribution is -2.17. The van der Waals surface area contributed by atoms with Gasteiger partial charge in [-0.15, -0.1) is 5.10 Å². The zero-order valence-corrected chi connectivity index (χ0v) is 19.1. The Hall–Kier alpha value is -2.39. The first-order valence-electron chi connectivity index (χ1n) is 10.5. The number of benzene rings is 1. The van der Waals surface area contributed by atoms with Crippen molar-refractivity contribution in [3.63, 3.8) is 0 Å². The van der Waals surface area contributed by atoms with Crippen molar-refractivity contribution in [2.75, 3.05) is 6.61 Å². The summed E-state index contributed by atoms with van der Waals surface area (Å²) in [6, 6.07) is 4.25. The number of aryl methyl sites for hydroxylation is 1. The van der Waals surface area contributed by atoms with Crippen LogP contribution in [0.5, 0.6) is 5.75 Å². The van der Waals surface area contributed by atoms with Crippen LogP contribution in [0.1, 0.15) is 62.9 Å². The Morgan fingerprint density at radius 1 is 1.23 bits per heavy atom. The van der Waals surface area contributed by atoms with Gasteiger partial charge in [-0.3, -0.25) is 4.79 Å². The average Bonchev–Trinajstić information content (AvgIpc) is 2.89. The number of aromatic nitrogens is 4. The highest BCUT2D eigenvalue weighted by atomic mass is 35.7. The third-order valence-electron chi connectivity index (χ3n) is 5.71. The van der Waals surface area contributed by atoms with E-state index in [9.17, 15) is 13.2 Å². The SMILES string of the molecule is CCOc1ccc(S(=O)(=O)Cl)cc1-c1nn2c(C3CCCCCC3)nc(C)c2c(=O)[nH]1. The van der Waals surface area contributed by atoms with Crippen molar-refractivity contribution in [2.45, 2.75) is 63.2 Å². The zero-order valence-electron chi connectivity index (χ0n) is 17.5. The molecule has 3 aromatic rings. The third kappa shape index (κ3) is 4.34. The van der Waals surface area contributed by atoms with Gasteiger partial charge in [0.05, 0.1) is 22.8 Å². The Balaban J connectivity index is 1.93. The summed E-state index contributed by atoms with van der Waals surface area (Å²) in [6.07, 6.45) is 6.67. The first-order valence-corrected chi connectivity index (χ1v) is 12.8. The van der Waals surface area contributed by atoms with Crippen LogP contribution in [0, 0.1) is 6.92 Å². The van der Waals surface area contributed by atoms with Crippen molar-refractivity contribution in [1.29, 1.82) is 0 Å². The molecule has 166 valence electrons. The van der Waals surface area contributed by atoms with Gasteiger partial charge in [-0.25, -0.2) is 17.9 Å². The highest BCUT2D eigenvalue weighted by Crippen LogP contribution is 2.33. The van der Waals surface area contributed by atoms with Crippen molar-refractivity contribution < 1.29 is 13.2 Å². The van der Waals surface area contributed by atoms with E-state index in [4.69, 9.17) is 20.4 Å². The van der Waals surface area contributed by atoms with Crippen LogP contribution in [0.3, 0.4) is 0 Å². The normalized spacial score (nSPS) is 15.8. The van der Waals surface area contributed by atoms with Gasteiger partial charge in [0, 0.05) is 16.6 Å². The number of ether oxygens (including phenoxy) is 1. The fourth-order valence-electron chi connectivity index (χ4n) is 4.24. The quantitative estimate of drug-likeness (QED) is 0.449. The second-order valence-electron chi connectivity index (χ2n) is 7.84. The van der Waals surface area contributed by atoms with Gasteiger partial charge in [0.15, 0.2) is 11.3 Å². The van der Waals surface area contributed by atoms with Gasteiger partial charge < -0.3 is 9.72 Å². The van der Waals surface area contributed by atoms with Crippen molar-refractivity contribution in [3.05, 3.63) is 40.1 Å². The van der Waals surface area contributed by atoms with Crippen LogP contribution in [0.4, 0.5) is 0 Å². The van der Waals surface area contributed by atoms with Gasteiger partial charge >= 0.3 is 0 Å². The van der Waals surface area contributed by atoms with Gasteiger partial charge in [-0.05, 0) is 44.9 Å². The number of fused-ring (bicyclic) bond motifs is 1. The molecule has 1 aliphatic carbocycles. The van der Waals surface area contributed by atoms with Crippen LogP contribution in [0.2, 0.25) is 0 Å². The second kappa shape index (κ2) is 8.63. The van der Waals surface area contributed by atoms with Gasteiger partial charge in [-0.1, -0.05) is 25.7 Å². The first-order chi connectivity index (χ1) is 14.8. The molecule has 1 aliphatic rings. The Bertz CT molecular complexity index is 1270. The minimum absolute atomic E-state index is 0.0961. The second-order valence-corrected chi connectivity index (χ2v) is 10.4. The number of nitrogens with zero attached hydrogens (tertiary/aromatic N) is 3. The Labute approximate surface area is 185 Å². The topological polar surface area (TPSA) is 106 Å². The summed E-state index contributed by atoms with van der Waals surface area (Å²) in [7, 11) is 1.58. The molecule has 0 saturated heterocycles. The molecule has 1 fully saturated rings. The summed E-state index contributed by atoms with van der Waals surface area (Å²) in [6.45, 7) is 3.99. The minimum atomic E-state index is -3.97. The number of halogens is 1. The molecular formula is C21H25ClN4O4S. The van der Waals surface area contributed by atoms with Gasteiger partial charge in [0.1, 0.15) is 11.6 Å². The number of rotatable bonds is 5. The maximum absolute atomic E-state index is 13.0. The van der Waals surface area contributed by atoms with E-state index < -0.39 is 9.05 Å². The highest BCUT2D eigenvalue weighted by molar-refractivity contribution is 8.13. The van der Waals surface area contributed by atoms with E-state index in [1.54, 1.807) is 11.4 Å². The number of hydrogen-bond donors (Lipinski definition) is 1. The van der Waals surface area contributed by atoms with Crippen LogP contribution < -0.4 is 10.3 Å². The maximum atomic E-state index is 13.0. The average molecular weight is 465 g/mol. The van der Waals surface area contributed by atoms with Crippen LogP contribution >= 0.6 is 10.7 Å². The van der Waals surface area contributed by atoms with E-state index in [1.165, 1.54) is 31.0 Å². The van der Waals surface area contributed by atoms with Crippen molar-refractivity contribution in [3.8, 4) is 17.1 Å². The highest BCUT2D eigenvalue weighted by Gasteiger charge is 2.24. The first kappa shape index (κ1) is 21.8. The fourth-order valence-corrected chi connectivity index (χ4v) is 5.02. The van der Waals surface area contributed by atoms with E-state index in [0.29, 0.717) is 29.1 Å². The van der Waals surface area contributed by atoms with E-state index in [-0.39, 0.29) is 22.2 Å². The van der Waals surface area contributed by atoms with E-state index in [1.807, 2.05) is 6.92 Å². The summed E-state index contributed by atoms with van der Waals surface area (Å²) in [4.78, 5) is 20.3. The molecule has 0 atom stereocenters. The molecule has 4 rings (SSSR count). The molecule has 2 aromatic heterocycles.